The van der Waals surface area contributed by atoms with Gasteiger partial charge in [0.25, 0.3) is 0 Å². The molecule has 2 N–H and O–H groups in total. The predicted molar refractivity (Wildman–Crippen MR) is 76.7 cm³/mol. The molecule has 7 nitrogen and oxygen atoms in total. The van der Waals surface area contributed by atoms with Crippen LogP contribution in [-0.4, -0.2) is 48.7 Å². The average Bonchev–Trinajstić information content (AvgIpc) is 2.45. The fourth-order valence-electron chi connectivity index (χ4n) is 1.45. The maximum atomic E-state index is 11.9. The van der Waals surface area contributed by atoms with E-state index in [9.17, 15) is 14.4 Å². The third-order valence-corrected chi connectivity index (χ3v) is 3.00. The van der Waals surface area contributed by atoms with Gasteiger partial charge in [-0.3, -0.25) is 4.79 Å². The number of hydrogen-bond donors (Lipinski definition) is 2. The van der Waals surface area contributed by atoms with Gasteiger partial charge in [-0.05, 0) is 18.2 Å². The summed E-state index contributed by atoms with van der Waals surface area (Å²) in [6, 6.07) is 3.66. The fraction of sp³-hybridized carbons (Fsp3) is 0.308. The second-order valence-corrected chi connectivity index (χ2v) is 4.58. The zero-order valence-electron chi connectivity index (χ0n) is 11.6. The molecule has 0 fully saturated rings. The highest BCUT2D eigenvalue weighted by molar-refractivity contribution is 6.33. The Hall–Kier alpha value is -2.28. The Labute approximate surface area is 126 Å². The Morgan fingerprint density at radius 3 is 2.62 bits per heavy atom. The standard InChI is InChI=1S/C13H15ClN2O5/c1-16(6-5-11(17)21-2)13(20)15-8-3-4-10(14)9(7-8)12(18)19/h3-4,7H,5-6H2,1-2H3,(H,15,20)(H,18,19). The average molecular weight is 315 g/mol. The normalized spacial score (nSPS) is 9.86. The number of nitrogens with one attached hydrogen (secondary N) is 1. The number of amides is 2. The largest absolute Gasteiger partial charge is 0.478 e. The molecule has 1 aromatic rings. The molecule has 0 aliphatic rings. The van der Waals surface area contributed by atoms with E-state index in [-0.39, 0.29) is 23.6 Å². The lowest BCUT2D eigenvalue weighted by molar-refractivity contribution is -0.140. The molecule has 0 saturated carbocycles. The molecule has 1 aromatic carbocycles. The van der Waals surface area contributed by atoms with Gasteiger partial charge in [-0.25, -0.2) is 9.59 Å². The lowest BCUT2D eigenvalue weighted by atomic mass is 10.2. The minimum Gasteiger partial charge on any atom is -0.478 e. The van der Waals surface area contributed by atoms with E-state index >= 15 is 0 Å². The van der Waals surface area contributed by atoms with Gasteiger partial charge in [-0.1, -0.05) is 11.6 Å². The number of carboxylic acid groups (broad SMARTS) is 1. The van der Waals surface area contributed by atoms with Crippen molar-refractivity contribution in [3.63, 3.8) is 0 Å². The highest BCUT2D eigenvalue weighted by Crippen LogP contribution is 2.20. The predicted octanol–water partition coefficient (Wildman–Crippen LogP) is 2.06. The van der Waals surface area contributed by atoms with Gasteiger partial charge >= 0.3 is 18.0 Å². The number of urea groups is 1. The molecule has 21 heavy (non-hydrogen) atoms. The van der Waals surface area contributed by atoms with Crippen molar-refractivity contribution >= 4 is 35.3 Å². The Balaban J connectivity index is 2.68. The summed E-state index contributed by atoms with van der Waals surface area (Å²) in [7, 11) is 2.77. The van der Waals surface area contributed by atoms with Gasteiger partial charge in [0.15, 0.2) is 0 Å². The zero-order valence-corrected chi connectivity index (χ0v) is 12.3. The number of hydrogen-bond acceptors (Lipinski definition) is 4. The summed E-state index contributed by atoms with van der Waals surface area (Å²) >= 11 is 5.74. The van der Waals surface area contributed by atoms with Crippen molar-refractivity contribution in [3.8, 4) is 0 Å². The molecule has 0 saturated heterocycles. The van der Waals surface area contributed by atoms with Gasteiger partial charge in [0.05, 0.1) is 24.1 Å². The number of benzene rings is 1. The number of aromatic carboxylic acids is 1. The van der Waals surface area contributed by atoms with E-state index in [0.717, 1.165) is 0 Å². The summed E-state index contributed by atoms with van der Waals surface area (Å²) in [6.45, 7) is 0.178. The van der Waals surface area contributed by atoms with Crippen LogP contribution in [0.2, 0.25) is 5.02 Å². The minimum absolute atomic E-state index is 0.0708. The Bertz CT molecular complexity index is 561. The molecular formula is C13H15ClN2O5. The molecule has 8 heteroatoms. The highest BCUT2D eigenvalue weighted by Gasteiger charge is 2.14. The van der Waals surface area contributed by atoms with Crippen LogP contribution < -0.4 is 5.32 Å². The van der Waals surface area contributed by atoms with E-state index in [1.165, 1.54) is 37.3 Å². The smallest absolute Gasteiger partial charge is 0.337 e. The third kappa shape index (κ3) is 4.96. The van der Waals surface area contributed by atoms with Gasteiger partial charge in [0.2, 0.25) is 0 Å². The molecule has 2 amide bonds. The number of esters is 1. The monoisotopic (exact) mass is 314 g/mol. The van der Waals surface area contributed by atoms with E-state index in [4.69, 9.17) is 16.7 Å². The van der Waals surface area contributed by atoms with Crippen molar-refractivity contribution < 1.29 is 24.2 Å². The van der Waals surface area contributed by atoms with Crippen LogP contribution in [0.5, 0.6) is 0 Å². The van der Waals surface area contributed by atoms with Crippen LogP contribution in [0, 0.1) is 0 Å². The molecular weight excluding hydrogens is 300 g/mol. The molecule has 0 bridgehead atoms. The van der Waals surface area contributed by atoms with Crippen molar-refractivity contribution in [2.45, 2.75) is 6.42 Å². The summed E-state index contributed by atoms with van der Waals surface area (Å²) in [5.41, 5.74) is 0.193. The summed E-state index contributed by atoms with van der Waals surface area (Å²) < 4.78 is 4.48. The number of rotatable bonds is 5. The number of halogens is 1. The molecule has 0 aliphatic heterocycles. The Kier molecular flexibility index (Phi) is 5.98. The van der Waals surface area contributed by atoms with Crippen molar-refractivity contribution in [3.05, 3.63) is 28.8 Å². The van der Waals surface area contributed by atoms with E-state index in [2.05, 4.69) is 10.1 Å². The Morgan fingerprint density at radius 2 is 2.05 bits per heavy atom. The van der Waals surface area contributed by atoms with Crippen LogP contribution in [-0.2, 0) is 9.53 Å². The third-order valence-electron chi connectivity index (χ3n) is 2.67. The lowest BCUT2D eigenvalue weighted by Gasteiger charge is -2.17. The van der Waals surface area contributed by atoms with Crippen LogP contribution >= 0.6 is 11.6 Å². The molecule has 0 heterocycles. The molecule has 1 rings (SSSR count). The van der Waals surface area contributed by atoms with Crippen LogP contribution in [0.25, 0.3) is 0 Å². The zero-order chi connectivity index (χ0) is 16.0. The van der Waals surface area contributed by atoms with E-state index < -0.39 is 18.0 Å². The van der Waals surface area contributed by atoms with Crippen LogP contribution in [0.4, 0.5) is 10.5 Å². The second kappa shape index (κ2) is 7.49. The summed E-state index contributed by atoms with van der Waals surface area (Å²) in [6.07, 6.45) is 0.0708. The second-order valence-electron chi connectivity index (χ2n) is 4.18. The maximum Gasteiger partial charge on any atom is 0.337 e. The number of carbonyl (C=O) groups excluding carboxylic acids is 2. The molecule has 114 valence electrons. The minimum atomic E-state index is -1.19. The fourth-order valence-corrected chi connectivity index (χ4v) is 1.65. The molecule has 0 spiro atoms. The molecule has 0 aromatic heterocycles. The quantitative estimate of drug-likeness (QED) is 0.811. The van der Waals surface area contributed by atoms with E-state index in [1.807, 2.05) is 0 Å². The number of ether oxygens (including phenoxy) is 1. The SMILES string of the molecule is COC(=O)CCN(C)C(=O)Nc1ccc(Cl)c(C(=O)O)c1. The highest BCUT2D eigenvalue weighted by atomic mass is 35.5. The first-order valence-electron chi connectivity index (χ1n) is 5.97. The van der Waals surface area contributed by atoms with Crippen molar-refractivity contribution in [2.24, 2.45) is 0 Å². The topological polar surface area (TPSA) is 95.9 Å². The van der Waals surface area contributed by atoms with E-state index in [0.29, 0.717) is 5.69 Å². The number of nitrogens with zero attached hydrogens (tertiary/aromatic N) is 1. The lowest BCUT2D eigenvalue weighted by Crippen LogP contribution is -2.33. The number of anilines is 1. The summed E-state index contributed by atoms with van der Waals surface area (Å²) in [5.74, 6) is -1.61. The molecule has 0 radical (unpaired) electrons. The van der Waals surface area contributed by atoms with E-state index in [1.54, 1.807) is 0 Å². The molecule has 0 aliphatic carbocycles. The summed E-state index contributed by atoms with van der Waals surface area (Å²) in [4.78, 5) is 35.1. The van der Waals surface area contributed by atoms with Crippen LogP contribution in [0.1, 0.15) is 16.8 Å². The first-order chi connectivity index (χ1) is 9.85. The van der Waals surface area contributed by atoms with Gasteiger partial charge in [-0.2, -0.15) is 0 Å². The van der Waals surface area contributed by atoms with Crippen molar-refractivity contribution in [2.75, 3.05) is 26.0 Å². The van der Waals surface area contributed by atoms with Crippen molar-refractivity contribution in [1.29, 1.82) is 0 Å². The maximum absolute atomic E-state index is 11.9. The molecule has 0 atom stereocenters. The van der Waals surface area contributed by atoms with Crippen molar-refractivity contribution in [1.82, 2.24) is 4.90 Å². The first-order valence-corrected chi connectivity index (χ1v) is 6.34. The van der Waals surface area contributed by atoms with Gasteiger partial charge in [0, 0.05) is 19.3 Å². The first kappa shape index (κ1) is 16.8. The number of carbonyl (C=O) groups is 3. The molecule has 0 unspecified atom stereocenters. The van der Waals surface area contributed by atoms with Gasteiger partial charge in [0.1, 0.15) is 0 Å². The number of methoxy groups -OCH3 is 1. The van der Waals surface area contributed by atoms with Crippen LogP contribution in [0.3, 0.4) is 0 Å². The Morgan fingerprint density at radius 1 is 1.38 bits per heavy atom. The van der Waals surface area contributed by atoms with Crippen LogP contribution in [0.15, 0.2) is 18.2 Å². The van der Waals surface area contributed by atoms with Gasteiger partial charge in [-0.15, -0.1) is 0 Å². The summed E-state index contributed by atoms with van der Waals surface area (Å²) in [5, 5.41) is 11.5. The number of carboxylic acids is 1. The van der Waals surface area contributed by atoms with Gasteiger partial charge < -0.3 is 20.1 Å².